The number of hydrogen-bond acceptors (Lipinski definition) is 0. The predicted molar refractivity (Wildman–Crippen MR) is 66.1 cm³/mol. The van der Waals surface area contributed by atoms with E-state index in [1.807, 2.05) is 91.0 Å². The fraction of sp³-hybridized carbons (Fsp3) is 0. The number of hydrogen-bond donors (Lipinski definition) is 0. The molecule has 0 spiro atoms. The second kappa shape index (κ2) is 10.1. The van der Waals surface area contributed by atoms with Gasteiger partial charge in [0.15, 0.2) is 0 Å². The predicted octanol–water partition coefficient (Wildman–Crippen LogP) is 4.22. The van der Waals surface area contributed by atoms with Crippen molar-refractivity contribution < 1.29 is 0 Å². The Morgan fingerprint density at radius 3 is 0.625 bits per heavy atom. The van der Waals surface area contributed by atoms with Crippen LogP contribution in [0.5, 0.6) is 0 Å². The Hall–Kier alpha value is -2.95. The summed E-state index contributed by atoms with van der Waals surface area (Å²) in [7, 11) is 0. The van der Waals surface area contributed by atoms with Gasteiger partial charge in [0.25, 0.3) is 0 Å². The third-order valence-corrected chi connectivity index (χ3v) is 1.67. The van der Waals surface area contributed by atoms with Gasteiger partial charge in [-0.3, -0.25) is 0 Å². The molecular formula is C15H15Bk-3. The quantitative estimate of drug-likeness (QED) is 0.458. The topological polar surface area (TPSA) is 0 Å². The van der Waals surface area contributed by atoms with Crippen molar-refractivity contribution in [2.75, 3.05) is 0 Å². The van der Waals surface area contributed by atoms with Crippen LogP contribution in [0.2, 0.25) is 0 Å². The van der Waals surface area contributed by atoms with E-state index >= 15 is 0 Å². The molecule has 1 heteroatoms. The van der Waals surface area contributed by atoms with E-state index in [-0.39, 0.29) is 0 Å². The van der Waals surface area contributed by atoms with Crippen LogP contribution >= 0.6 is 0 Å². The van der Waals surface area contributed by atoms with Crippen molar-refractivity contribution in [3.63, 3.8) is 0 Å². The fourth-order valence-electron chi connectivity index (χ4n) is 0.962. The van der Waals surface area contributed by atoms with Gasteiger partial charge in [-0.15, -0.1) is 0 Å². The van der Waals surface area contributed by atoms with Crippen LogP contribution in [0.1, 0.15) is 0 Å². The smallest absolute Gasteiger partial charge is 0 e. The Bertz CT molecular complexity index is 237. The minimum Gasteiger partial charge on any atom is -0.214 e. The molecule has 0 aliphatic heterocycles. The van der Waals surface area contributed by atoms with Crippen LogP contribution < -0.4 is 0 Å². The number of rotatable bonds is 0. The van der Waals surface area contributed by atoms with Gasteiger partial charge in [-0.25, -0.2) is 36.4 Å². The molecule has 0 unspecified atom stereocenters. The van der Waals surface area contributed by atoms with Crippen molar-refractivity contribution in [2.45, 2.75) is 0 Å². The first-order chi connectivity index (χ1) is 7.50. The standard InChI is InChI=1S/3C5H5.Bk/c3*1-2-4-5-3-1;/h3*1-5H;/q3*-1;. The molecule has 0 aliphatic rings. The molecule has 0 atom stereocenters. The van der Waals surface area contributed by atoms with Crippen molar-refractivity contribution in [3.05, 3.63) is 91.0 Å². The van der Waals surface area contributed by atoms with Crippen LogP contribution in [0.4, 0.5) is 0 Å². The molecule has 0 amide bonds. The van der Waals surface area contributed by atoms with Gasteiger partial charge >= 0.3 is 0 Å². The zero-order valence-corrected chi connectivity index (χ0v) is 11.8. The van der Waals surface area contributed by atoms with E-state index < -0.39 is 0 Å². The summed E-state index contributed by atoms with van der Waals surface area (Å²) in [5.74, 6) is 0. The summed E-state index contributed by atoms with van der Waals surface area (Å²) in [6.07, 6.45) is 0. The molecule has 0 aromatic heterocycles. The molecule has 3 aromatic rings. The molecule has 0 saturated carbocycles. The van der Waals surface area contributed by atoms with Gasteiger partial charge in [-0.1, -0.05) is 0 Å². The third kappa shape index (κ3) is 7.69. The second-order valence-corrected chi connectivity index (χ2v) is 2.89. The van der Waals surface area contributed by atoms with Gasteiger partial charge in [-0.05, 0) is 0 Å². The molecule has 0 nitrogen and oxygen atoms in total. The Kier molecular flexibility index (Phi) is 8.26. The Morgan fingerprint density at radius 2 is 0.562 bits per heavy atom. The Morgan fingerprint density at radius 1 is 0.375 bits per heavy atom. The summed E-state index contributed by atoms with van der Waals surface area (Å²) in [6, 6.07) is 30.0. The van der Waals surface area contributed by atoms with E-state index in [9.17, 15) is 0 Å². The Labute approximate surface area is 91.5 Å². The summed E-state index contributed by atoms with van der Waals surface area (Å²) >= 11 is 0. The van der Waals surface area contributed by atoms with Crippen molar-refractivity contribution in [1.29, 1.82) is 0 Å². The van der Waals surface area contributed by atoms with Gasteiger partial charge in [-0.2, -0.15) is 54.6 Å². The third-order valence-electron chi connectivity index (χ3n) is 1.67. The first-order valence-corrected chi connectivity index (χ1v) is 5.00. The largest absolute Gasteiger partial charge is 0.214 e. The van der Waals surface area contributed by atoms with E-state index in [4.69, 9.17) is 0 Å². The van der Waals surface area contributed by atoms with Crippen molar-refractivity contribution in [3.8, 4) is 0 Å². The van der Waals surface area contributed by atoms with Gasteiger partial charge in [0.2, 0.25) is 0 Å². The average Bonchev–Trinajstić information content (AvgIpc) is 3.09. The molecule has 16 heavy (non-hydrogen) atoms. The van der Waals surface area contributed by atoms with E-state index in [1.54, 1.807) is 0 Å². The van der Waals surface area contributed by atoms with Crippen LogP contribution in [0, 0.1) is 0 Å². The fourth-order valence-corrected chi connectivity index (χ4v) is 0.962. The molecule has 1 radical (unpaired) electrons. The maximum Gasteiger partial charge on any atom is 0 e. The molecule has 87 valence electrons. The van der Waals surface area contributed by atoms with Crippen LogP contribution in [-0.2, 0) is 0 Å². The van der Waals surface area contributed by atoms with Crippen LogP contribution in [0.25, 0.3) is 0 Å². The molecule has 3 rings (SSSR count). The summed E-state index contributed by atoms with van der Waals surface area (Å²) < 4.78 is 0. The summed E-state index contributed by atoms with van der Waals surface area (Å²) in [6.45, 7) is 0. The zero-order valence-electron chi connectivity index (χ0n) is 8.99. The first-order valence-electron chi connectivity index (χ1n) is 5.00. The molecule has 0 aliphatic carbocycles. The Balaban J connectivity index is 0.000000205. The summed E-state index contributed by atoms with van der Waals surface area (Å²) in [5.41, 5.74) is 0. The molecule has 3 aromatic carbocycles. The monoisotopic (exact) mass is 442 g/mol. The molecule has 0 N–H and O–H groups in total. The first kappa shape index (κ1) is 13.1. The zero-order chi connectivity index (χ0) is 10.6. The molecule has 0 saturated heterocycles. The van der Waals surface area contributed by atoms with Gasteiger partial charge in [0, 0.05) is 0 Å². The maximum atomic E-state index is 2.00. The molecular weight excluding hydrogens is 427 g/mol. The van der Waals surface area contributed by atoms with E-state index in [0.29, 0.717) is 0 Å². The maximum absolute atomic E-state index is 2.00. The SMILES string of the molecule is [Bk].c1cc[cH-]c1.c1cc[cH-]c1.c1cc[cH-]c1. The van der Waals surface area contributed by atoms with E-state index in [1.165, 1.54) is 0 Å². The van der Waals surface area contributed by atoms with Crippen LogP contribution in [-0.4, -0.2) is 0 Å². The minimum atomic E-state index is 0. The summed E-state index contributed by atoms with van der Waals surface area (Å²) in [5, 5.41) is 0. The summed E-state index contributed by atoms with van der Waals surface area (Å²) in [4.78, 5) is 0. The van der Waals surface area contributed by atoms with Crippen molar-refractivity contribution >= 4 is 0 Å². The van der Waals surface area contributed by atoms with Crippen LogP contribution in [0.3, 0.4) is 0 Å². The van der Waals surface area contributed by atoms with Gasteiger partial charge in [0.1, 0.15) is 0 Å². The normalized spacial score (nSPS) is 7.50. The van der Waals surface area contributed by atoms with Gasteiger partial charge in [0.05, 0.1) is 0 Å². The van der Waals surface area contributed by atoms with Crippen LogP contribution in [0.15, 0.2) is 91.0 Å². The van der Waals surface area contributed by atoms with E-state index in [0.717, 1.165) is 0 Å². The van der Waals surface area contributed by atoms with Crippen molar-refractivity contribution in [1.82, 2.24) is 0 Å². The van der Waals surface area contributed by atoms with E-state index in [2.05, 4.69) is 0 Å². The minimum absolute atomic E-state index is 0. The second-order valence-electron chi connectivity index (χ2n) is 2.89. The van der Waals surface area contributed by atoms with Crippen molar-refractivity contribution in [2.24, 2.45) is 0 Å². The molecule has 0 fully saturated rings. The molecule has 0 bridgehead atoms. The van der Waals surface area contributed by atoms with Gasteiger partial charge < -0.3 is 0 Å². The molecule has 0 heterocycles. The average molecular weight is 442 g/mol.